The Morgan fingerprint density at radius 2 is 1.70 bits per heavy atom. The lowest BCUT2D eigenvalue weighted by Gasteiger charge is -2.17. The van der Waals surface area contributed by atoms with E-state index in [2.05, 4.69) is 5.32 Å². The van der Waals surface area contributed by atoms with Crippen molar-refractivity contribution in [1.82, 2.24) is 0 Å². The van der Waals surface area contributed by atoms with E-state index in [1.165, 1.54) is 0 Å². The summed E-state index contributed by atoms with van der Waals surface area (Å²) in [5, 5.41) is 5.84. The minimum atomic E-state index is -0.359. The molecule has 3 nitrogen and oxygen atoms in total. The van der Waals surface area contributed by atoms with Gasteiger partial charge in [-0.05, 0) is 37.1 Å². The van der Waals surface area contributed by atoms with Gasteiger partial charge in [-0.15, -0.1) is 0 Å². The first kappa shape index (κ1) is 19.2. The lowest BCUT2D eigenvalue weighted by Crippen LogP contribution is -2.85. The summed E-state index contributed by atoms with van der Waals surface area (Å²) in [5.41, 5.74) is 5.00. The van der Waals surface area contributed by atoms with Crippen LogP contribution in [0, 0.1) is 13.8 Å². The van der Waals surface area contributed by atoms with Gasteiger partial charge in [0.2, 0.25) is 0 Å². The summed E-state index contributed by atoms with van der Waals surface area (Å²) in [4.78, 5) is 13.1. The van der Waals surface area contributed by atoms with Gasteiger partial charge in [0, 0.05) is 21.8 Å². The summed E-state index contributed by atoms with van der Waals surface area (Å²) in [6.45, 7) is 4.65. The molecule has 138 valence electrons. The summed E-state index contributed by atoms with van der Waals surface area (Å²) in [5.74, 6) is -0.0399. The summed E-state index contributed by atoms with van der Waals surface area (Å²) in [7, 11) is 0. The predicted molar refractivity (Wildman–Crippen MR) is 111 cm³/mol. The largest absolute Gasteiger partial charge is 0.328 e. The number of aryl methyl sites for hydroxylation is 2. The number of benzene rings is 3. The Balaban J connectivity index is 1.82. The van der Waals surface area contributed by atoms with Gasteiger partial charge in [-0.25, -0.2) is 0 Å². The highest BCUT2D eigenvalue weighted by molar-refractivity contribution is 6.31. The normalized spacial score (nSPS) is 11.8. The zero-order chi connectivity index (χ0) is 19.2. The average Bonchev–Trinajstić information content (AvgIpc) is 2.67. The zero-order valence-corrected chi connectivity index (χ0v) is 16.3. The number of nitrogens with two attached hydrogens (primary N) is 1. The molecule has 3 aromatic carbocycles. The molecule has 1 atom stereocenters. The quantitative estimate of drug-likeness (QED) is 0.655. The minimum absolute atomic E-state index is 0.0399. The molecule has 3 N–H and O–H groups in total. The second-order valence-electron chi connectivity index (χ2n) is 6.73. The first-order valence-corrected chi connectivity index (χ1v) is 9.42. The molecule has 3 aromatic rings. The van der Waals surface area contributed by atoms with E-state index in [4.69, 9.17) is 11.6 Å². The number of rotatable bonds is 6. The molecule has 0 aliphatic heterocycles. The highest BCUT2D eigenvalue weighted by atomic mass is 35.5. The third-order valence-corrected chi connectivity index (χ3v) is 4.99. The predicted octanol–water partition coefficient (Wildman–Crippen LogP) is 4.40. The summed E-state index contributed by atoms with van der Waals surface area (Å²) in [6.07, 6.45) is 0. The fourth-order valence-electron chi connectivity index (χ4n) is 3.04. The average molecular weight is 380 g/mol. The smallest absolute Gasteiger partial charge is 0.287 e. The van der Waals surface area contributed by atoms with Crippen molar-refractivity contribution in [2.45, 2.75) is 26.4 Å². The molecule has 1 amide bonds. The van der Waals surface area contributed by atoms with Gasteiger partial charge in [-0.3, -0.25) is 4.79 Å². The Labute approximate surface area is 165 Å². The highest BCUT2D eigenvalue weighted by Crippen LogP contribution is 2.19. The Bertz CT molecular complexity index is 925. The van der Waals surface area contributed by atoms with E-state index in [1.807, 2.05) is 92.0 Å². The molecule has 0 heterocycles. The van der Waals surface area contributed by atoms with Crippen molar-refractivity contribution < 1.29 is 10.1 Å². The third-order valence-electron chi connectivity index (χ3n) is 4.62. The third kappa shape index (κ3) is 4.97. The molecule has 3 rings (SSSR count). The van der Waals surface area contributed by atoms with Crippen LogP contribution in [0.1, 0.15) is 28.3 Å². The molecule has 0 unspecified atom stereocenters. The first-order valence-electron chi connectivity index (χ1n) is 9.04. The van der Waals surface area contributed by atoms with Gasteiger partial charge in [-0.1, -0.05) is 72.3 Å². The number of anilines is 1. The van der Waals surface area contributed by atoms with Crippen LogP contribution in [0.5, 0.6) is 0 Å². The number of quaternary nitrogens is 1. The molecule has 0 radical (unpaired) electrons. The van der Waals surface area contributed by atoms with Crippen molar-refractivity contribution in [3.05, 3.63) is 100 Å². The molecule has 0 bridgehead atoms. The lowest BCUT2D eigenvalue weighted by molar-refractivity contribution is -0.697. The molecule has 0 saturated heterocycles. The van der Waals surface area contributed by atoms with Crippen molar-refractivity contribution in [3.63, 3.8) is 0 Å². The van der Waals surface area contributed by atoms with Gasteiger partial charge in [0.15, 0.2) is 6.04 Å². The van der Waals surface area contributed by atoms with Gasteiger partial charge in [-0.2, -0.15) is 0 Å². The van der Waals surface area contributed by atoms with Crippen molar-refractivity contribution in [3.8, 4) is 0 Å². The summed E-state index contributed by atoms with van der Waals surface area (Å²) >= 11 is 6.28. The Morgan fingerprint density at radius 1 is 1.00 bits per heavy atom. The van der Waals surface area contributed by atoms with Crippen LogP contribution in [0.2, 0.25) is 5.02 Å². The number of carbonyl (C=O) groups is 1. The standard InChI is InChI=1S/C23H23ClN2O/c1-16-12-13-17(2)21(14-16)26-23(27)22(18-8-4-3-5-9-18)25-15-19-10-6-7-11-20(19)24/h3-14,22,25H,15H2,1-2H3,(H,26,27)/p+1/t22-/m1/s1. The Hall–Kier alpha value is -2.62. The van der Waals surface area contributed by atoms with Crippen LogP contribution < -0.4 is 10.6 Å². The molecule has 27 heavy (non-hydrogen) atoms. The van der Waals surface area contributed by atoms with Gasteiger partial charge < -0.3 is 10.6 Å². The van der Waals surface area contributed by atoms with Crippen LogP contribution in [0.15, 0.2) is 72.8 Å². The highest BCUT2D eigenvalue weighted by Gasteiger charge is 2.24. The number of hydrogen-bond donors (Lipinski definition) is 2. The molecular formula is C23H24ClN2O+. The van der Waals surface area contributed by atoms with E-state index in [9.17, 15) is 4.79 Å². The molecule has 0 fully saturated rings. The van der Waals surface area contributed by atoms with Crippen molar-refractivity contribution in [2.75, 3.05) is 5.32 Å². The topological polar surface area (TPSA) is 45.7 Å². The van der Waals surface area contributed by atoms with Gasteiger partial charge in [0.05, 0.1) is 0 Å². The van der Waals surface area contributed by atoms with Gasteiger partial charge in [0.1, 0.15) is 6.54 Å². The van der Waals surface area contributed by atoms with Crippen molar-refractivity contribution >= 4 is 23.2 Å². The molecular weight excluding hydrogens is 356 g/mol. The van der Waals surface area contributed by atoms with Crippen molar-refractivity contribution in [1.29, 1.82) is 0 Å². The van der Waals surface area contributed by atoms with E-state index >= 15 is 0 Å². The number of nitrogens with one attached hydrogen (secondary N) is 1. The van der Waals surface area contributed by atoms with Crippen LogP contribution in [0.4, 0.5) is 5.69 Å². The molecule has 0 saturated carbocycles. The zero-order valence-electron chi connectivity index (χ0n) is 15.6. The van der Waals surface area contributed by atoms with Crippen LogP contribution >= 0.6 is 11.6 Å². The number of carbonyl (C=O) groups excluding carboxylic acids is 1. The number of halogens is 1. The SMILES string of the molecule is Cc1ccc(C)c(NC(=O)[C@H]([NH2+]Cc2ccccc2Cl)c2ccccc2)c1. The van der Waals surface area contributed by atoms with E-state index in [0.717, 1.165) is 33.0 Å². The minimum Gasteiger partial charge on any atom is -0.328 e. The number of amides is 1. The molecule has 0 aliphatic rings. The van der Waals surface area contributed by atoms with Crippen LogP contribution in [0.3, 0.4) is 0 Å². The molecule has 0 spiro atoms. The first-order chi connectivity index (χ1) is 13.0. The maximum absolute atomic E-state index is 13.1. The van der Waals surface area contributed by atoms with E-state index in [0.29, 0.717) is 6.54 Å². The Morgan fingerprint density at radius 3 is 2.44 bits per heavy atom. The summed E-state index contributed by atoms with van der Waals surface area (Å²) < 4.78 is 0. The number of hydrogen-bond acceptors (Lipinski definition) is 1. The maximum Gasteiger partial charge on any atom is 0.287 e. The lowest BCUT2D eigenvalue weighted by atomic mass is 10.0. The summed E-state index contributed by atoms with van der Waals surface area (Å²) in [6, 6.07) is 23.3. The van der Waals surface area contributed by atoms with E-state index < -0.39 is 0 Å². The molecule has 0 aromatic heterocycles. The van der Waals surface area contributed by atoms with Crippen LogP contribution in [-0.4, -0.2) is 5.91 Å². The fourth-order valence-corrected chi connectivity index (χ4v) is 3.26. The Kier molecular flexibility index (Phi) is 6.28. The maximum atomic E-state index is 13.1. The van der Waals surface area contributed by atoms with Crippen molar-refractivity contribution in [2.24, 2.45) is 0 Å². The van der Waals surface area contributed by atoms with Gasteiger partial charge >= 0.3 is 0 Å². The second-order valence-corrected chi connectivity index (χ2v) is 7.13. The van der Waals surface area contributed by atoms with Crippen LogP contribution in [-0.2, 0) is 11.3 Å². The fraction of sp³-hybridized carbons (Fsp3) is 0.174. The second kappa shape index (κ2) is 8.85. The van der Waals surface area contributed by atoms with Crippen LogP contribution in [0.25, 0.3) is 0 Å². The molecule has 4 heteroatoms. The van der Waals surface area contributed by atoms with E-state index in [-0.39, 0.29) is 11.9 Å². The monoisotopic (exact) mass is 379 g/mol. The van der Waals surface area contributed by atoms with E-state index in [1.54, 1.807) is 0 Å². The van der Waals surface area contributed by atoms with Gasteiger partial charge in [0.25, 0.3) is 5.91 Å². The molecule has 0 aliphatic carbocycles.